The average molecular weight is 510 g/mol. The highest BCUT2D eigenvalue weighted by molar-refractivity contribution is 4.89. The maximum Gasteiger partial charge on any atom is 0.0730 e. The Morgan fingerprint density at radius 1 is 0.514 bits per heavy atom. The second-order valence-electron chi connectivity index (χ2n) is 8.60. The van der Waals surface area contributed by atoms with Crippen LogP contribution in [-0.4, -0.2) is 132 Å². The molecule has 1 fully saturated rings. The molecular formula is C25H51NO9. The highest BCUT2D eigenvalue weighted by Crippen LogP contribution is 2.31. The Morgan fingerprint density at radius 2 is 0.829 bits per heavy atom. The van der Waals surface area contributed by atoms with Crippen LogP contribution in [0.2, 0.25) is 0 Å². The molecule has 35 heavy (non-hydrogen) atoms. The van der Waals surface area contributed by atoms with Crippen molar-refractivity contribution in [2.75, 3.05) is 126 Å². The largest absolute Gasteiger partial charge is 0.382 e. The van der Waals surface area contributed by atoms with Crippen LogP contribution in [0.5, 0.6) is 0 Å². The lowest BCUT2D eigenvalue weighted by molar-refractivity contribution is -0.113. The zero-order chi connectivity index (χ0) is 25.3. The predicted molar refractivity (Wildman–Crippen MR) is 133 cm³/mol. The average Bonchev–Trinajstić information content (AvgIpc) is 2.87. The topological polar surface area (TPSA) is 95.1 Å². The van der Waals surface area contributed by atoms with Gasteiger partial charge in [-0.3, -0.25) is 0 Å². The SMILES string of the molecule is COCCOCCOCCOCCOCCOCCOCCOCCOC1(C(C)C)CCNCC1. The first-order chi connectivity index (χ1) is 17.2. The molecule has 0 radical (unpaired) electrons. The van der Waals surface area contributed by atoms with Gasteiger partial charge in [0, 0.05) is 7.11 Å². The van der Waals surface area contributed by atoms with E-state index in [-0.39, 0.29) is 5.60 Å². The molecule has 210 valence electrons. The molecule has 1 saturated heterocycles. The van der Waals surface area contributed by atoms with Gasteiger partial charge in [0.05, 0.1) is 111 Å². The molecule has 1 aliphatic rings. The minimum Gasteiger partial charge on any atom is -0.382 e. The van der Waals surface area contributed by atoms with Gasteiger partial charge in [-0.25, -0.2) is 0 Å². The van der Waals surface area contributed by atoms with Gasteiger partial charge in [0.25, 0.3) is 0 Å². The Labute approximate surface area is 212 Å². The van der Waals surface area contributed by atoms with E-state index in [0.717, 1.165) is 25.9 Å². The summed E-state index contributed by atoms with van der Waals surface area (Å²) < 4.78 is 49.4. The number of rotatable bonds is 26. The number of methoxy groups -OCH3 is 1. The summed E-state index contributed by atoms with van der Waals surface area (Å²) in [5.41, 5.74) is -0.00565. The van der Waals surface area contributed by atoms with E-state index < -0.39 is 0 Å². The molecular weight excluding hydrogens is 458 g/mol. The molecule has 0 aliphatic carbocycles. The summed E-state index contributed by atoms with van der Waals surface area (Å²) in [6.07, 6.45) is 2.13. The maximum atomic E-state index is 6.22. The van der Waals surface area contributed by atoms with E-state index in [4.69, 9.17) is 42.6 Å². The van der Waals surface area contributed by atoms with Crippen LogP contribution in [0.4, 0.5) is 0 Å². The Hall–Kier alpha value is -0.400. The summed E-state index contributed by atoms with van der Waals surface area (Å²) in [6, 6.07) is 0. The lowest BCUT2D eigenvalue weighted by Gasteiger charge is -2.41. The number of piperidine rings is 1. The summed E-state index contributed by atoms with van der Waals surface area (Å²) in [5.74, 6) is 0.514. The molecule has 0 spiro atoms. The Kier molecular flexibility index (Phi) is 22.3. The van der Waals surface area contributed by atoms with Gasteiger partial charge in [-0.2, -0.15) is 0 Å². The minimum atomic E-state index is -0.00565. The van der Waals surface area contributed by atoms with Crippen LogP contribution in [0, 0.1) is 5.92 Å². The Balaban J connectivity index is 1.72. The first kappa shape index (κ1) is 32.6. The Bertz CT molecular complexity index is 437. The predicted octanol–water partition coefficient (Wildman–Crippen LogP) is 1.54. The van der Waals surface area contributed by atoms with Crippen LogP contribution in [0.3, 0.4) is 0 Å². The molecule has 0 atom stereocenters. The molecule has 0 bridgehead atoms. The highest BCUT2D eigenvalue weighted by atomic mass is 16.6. The van der Waals surface area contributed by atoms with E-state index in [9.17, 15) is 0 Å². The van der Waals surface area contributed by atoms with Crippen molar-refractivity contribution in [3.05, 3.63) is 0 Å². The summed E-state index contributed by atoms with van der Waals surface area (Å²) >= 11 is 0. The molecule has 0 aromatic carbocycles. The quantitative estimate of drug-likeness (QED) is 0.173. The number of hydrogen-bond acceptors (Lipinski definition) is 10. The van der Waals surface area contributed by atoms with Gasteiger partial charge in [-0.05, 0) is 31.8 Å². The van der Waals surface area contributed by atoms with Gasteiger partial charge in [0.2, 0.25) is 0 Å². The van der Waals surface area contributed by atoms with E-state index in [1.807, 2.05) is 0 Å². The van der Waals surface area contributed by atoms with Crippen molar-refractivity contribution >= 4 is 0 Å². The van der Waals surface area contributed by atoms with E-state index in [1.54, 1.807) is 7.11 Å². The molecule has 0 unspecified atom stereocenters. The summed E-state index contributed by atoms with van der Waals surface area (Å²) in [5, 5.41) is 3.40. The zero-order valence-electron chi connectivity index (χ0n) is 22.4. The fourth-order valence-electron chi connectivity index (χ4n) is 3.61. The number of ether oxygens (including phenoxy) is 9. The summed E-state index contributed by atoms with van der Waals surface area (Å²) in [6.45, 7) is 15.5. The Morgan fingerprint density at radius 3 is 1.14 bits per heavy atom. The van der Waals surface area contributed by atoms with Crippen molar-refractivity contribution < 1.29 is 42.6 Å². The van der Waals surface area contributed by atoms with Crippen molar-refractivity contribution in [1.82, 2.24) is 5.32 Å². The van der Waals surface area contributed by atoms with Crippen LogP contribution >= 0.6 is 0 Å². The van der Waals surface area contributed by atoms with Gasteiger partial charge in [0.15, 0.2) is 0 Å². The van der Waals surface area contributed by atoms with Gasteiger partial charge < -0.3 is 47.9 Å². The molecule has 10 heteroatoms. The van der Waals surface area contributed by atoms with Gasteiger partial charge in [0.1, 0.15) is 0 Å². The van der Waals surface area contributed by atoms with E-state index in [1.165, 1.54) is 0 Å². The standard InChI is InChI=1S/C25H51NO9/c1-24(2)25(4-6-26-7-5-25)35-23-22-34-21-20-33-19-18-32-17-16-31-15-14-30-13-12-29-11-10-28-9-8-27-3/h24,26H,4-23H2,1-3H3. The summed E-state index contributed by atoms with van der Waals surface area (Å²) in [4.78, 5) is 0. The smallest absolute Gasteiger partial charge is 0.0730 e. The molecule has 0 saturated carbocycles. The van der Waals surface area contributed by atoms with Crippen molar-refractivity contribution in [2.45, 2.75) is 32.3 Å². The second-order valence-corrected chi connectivity index (χ2v) is 8.60. The molecule has 1 heterocycles. The third kappa shape index (κ3) is 18.5. The molecule has 1 aliphatic heterocycles. The minimum absolute atomic E-state index is 0.00565. The van der Waals surface area contributed by atoms with Crippen LogP contribution in [0.15, 0.2) is 0 Å². The van der Waals surface area contributed by atoms with E-state index in [0.29, 0.717) is 112 Å². The van der Waals surface area contributed by atoms with Crippen LogP contribution in [0.25, 0.3) is 0 Å². The van der Waals surface area contributed by atoms with E-state index in [2.05, 4.69) is 19.2 Å². The first-order valence-corrected chi connectivity index (χ1v) is 13.1. The van der Waals surface area contributed by atoms with Crippen LogP contribution in [0.1, 0.15) is 26.7 Å². The van der Waals surface area contributed by atoms with Crippen LogP contribution < -0.4 is 5.32 Å². The van der Waals surface area contributed by atoms with Gasteiger partial charge in [-0.15, -0.1) is 0 Å². The van der Waals surface area contributed by atoms with Gasteiger partial charge in [-0.1, -0.05) is 13.8 Å². The molecule has 1 N–H and O–H groups in total. The number of hydrogen-bond donors (Lipinski definition) is 1. The lowest BCUT2D eigenvalue weighted by Crippen LogP contribution is -2.48. The van der Waals surface area contributed by atoms with Crippen molar-refractivity contribution in [3.63, 3.8) is 0 Å². The van der Waals surface area contributed by atoms with Crippen molar-refractivity contribution in [1.29, 1.82) is 0 Å². The van der Waals surface area contributed by atoms with Crippen molar-refractivity contribution in [3.8, 4) is 0 Å². The van der Waals surface area contributed by atoms with E-state index >= 15 is 0 Å². The highest BCUT2D eigenvalue weighted by Gasteiger charge is 2.35. The normalized spacial score (nSPS) is 15.8. The first-order valence-electron chi connectivity index (χ1n) is 13.1. The zero-order valence-corrected chi connectivity index (χ0v) is 22.4. The molecule has 10 nitrogen and oxygen atoms in total. The second kappa shape index (κ2) is 24.0. The summed E-state index contributed by atoms with van der Waals surface area (Å²) in [7, 11) is 1.65. The fourth-order valence-corrected chi connectivity index (χ4v) is 3.61. The number of nitrogens with one attached hydrogen (secondary N) is 1. The van der Waals surface area contributed by atoms with Crippen LogP contribution in [-0.2, 0) is 42.6 Å². The lowest BCUT2D eigenvalue weighted by atomic mass is 9.82. The monoisotopic (exact) mass is 509 g/mol. The fraction of sp³-hybridized carbons (Fsp3) is 1.00. The maximum absolute atomic E-state index is 6.22. The molecule has 0 aromatic heterocycles. The molecule has 0 aromatic rings. The van der Waals surface area contributed by atoms with Crippen molar-refractivity contribution in [2.24, 2.45) is 5.92 Å². The molecule has 1 rings (SSSR count). The van der Waals surface area contributed by atoms with Gasteiger partial charge >= 0.3 is 0 Å². The third-order valence-corrected chi connectivity index (χ3v) is 5.78. The molecule has 0 amide bonds. The third-order valence-electron chi connectivity index (χ3n) is 5.78.